The number of carbonyl (C=O) groups excluding carboxylic acids is 2. The lowest BCUT2D eigenvalue weighted by Crippen LogP contribution is -2.17. The molecule has 4 rings (SSSR count). The number of thiophene rings is 1. The zero-order chi connectivity index (χ0) is 25.7. The number of carbonyl (C=O) groups is 2. The lowest BCUT2D eigenvalue weighted by molar-refractivity contribution is -0.113. The molecule has 192 valence electrons. The number of nitrogens with one attached hydrogen (secondary N) is 1. The summed E-state index contributed by atoms with van der Waals surface area (Å²) in [4.78, 5) is 26.5. The second kappa shape index (κ2) is 12.3. The number of hydrogen-bond donors (Lipinski definition) is 1. The molecule has 0 bridgehead atoms. The molecule has 0 saturated heterocycles. The van der Waals surface area contributed by atoms with Crippen molar-refractivity contribution in [3.05, 3.63) is 50.1 Å². The fourth-order valence-corrected chi connectivity index (χ4v) is 6.47. The molecule has 1 N–H and O–H groups in total. The van der Waals surface area contributed by atoms with E-state index in [0.29, 0.717) is 43.9 Å². The van der Waals surface area contributed by atoms with E-state index in [9.17, 15) is 9.59 Å². The Hall–Kier alpha value is -2.27. The molecule has 1 aliphatic carbocycles. The Labute approximate surface area is 227 Å². The SMILES string of the molecule is CCn1c(COc2cc(Cl)ccc2Cl)nnc1SCC(=O)Nc1sc2c(c1C(=O)OC)CCCCC2. The zero-order valence-corrected chi connectivity index (χ0v) is 23.1. The number of aromatic nitrogens is 3. The molecular weight excluding hydrogens is 543 g/mol. The molecule has 0 atom stereocenters. The standard InChI is InChI=1S/C24H26Cl2N4O4S2/c1-3-30-19(12-34-17-11-14(25)9-10-16(17)26)28-29-24(30)35-13-20(31)27-22-21(23(32)33-2)15-7-5-4-6-8-18(15)36-22/h9-11H,3-8,12-13H2,1-2H3,(H,27,31). The molecule has 1 amide bonds. The molecule has 0 saturated carbocycles. The van der Waals surface area contributed by atoms with Crippen LogP contribution in [0, 0.1) is 0 Å². The number of thioether (sulfide) groups is 1. The van der Waals surface area contributed by atoms with Crippen molar-refractivity contribution in [3.8, 4) is 5.75 Å². The number of benzene rings is 1. The first kappa shape index (κ1) is 26.8. The maximum Gasteiger partial charge on any atom is 0.341 e. The van der Waals surface area contributed by atoms with Crippen molar-refractivity contribution in [2.45, 2.75) is 57.3 Å². The molecule has 0 aliphatic heterocycles. The predicted octanol–water partition coefficient (Wildman–Crippen LogP) is 6.03. The van der Waals surface area contributed by atoms with Gasteiger partial charge in [0.2, 0.25) is 5.91 Å². The fourth-order valence-electron chi connectivity index (χ4n) is 4.02. The number of hydrogen-bond acceptors (Lipinski definition) is 8. The van der Waals surface area contributed by atoms with E-state index < -0.39 is 5.97 Å². The van der Waals surface area contributed by atoms with E-state index in [1.165, 1.54) is 30.2 Å². The number of amides is 1. The van der Waals surface area contributed by atoms with E-state index in [2.05, 4.69) is 15.5 Å². The van der Waals surface area contributed by atoms with E-state index in [4.69, 9.17) is 32.7 Å². The molecule has 2 heterocycles. The summed E-state index contributed by atoms with van der Waals surface area (Å²) in [6, 6.07) is 5.00. The van der Waals surface area contributed by atoms with Crippen molar-refractivity contribution in [1.82, 2.24) is 14.8 Å². The van der Waals surface area contributed by atoms with E-state index in [1.807, 2.05) is 11.5 Å². The molecule has 8 nitrogen and oxygen atoms in total. The number of rotatable bonds is 9. The van der Waals surface area contributed by atoms with Gasteiger partial charge in [-0.1, -0.05) is 41.4 Å². The molecule has 36 heavy (non-hydrogen) atoms. The highest BCUT2D eigenvalue weighted by Crippen LogP contribution is 2.38. The Kier molecular flexibility index (Phi) is 9.16. The van der Waals surface area contributed by atoms with Crippen molar-refractivity contribution >= 4 is 63.2 Å². The highest BCUT2D eigenvalue weighted by Gasteiger charge is 2.26. The molecule has 0 unspecified atom stereocenters. The van der Waals surface area contributed by atoms with E-state index in [0.717, 1.165) is 42.5 Å². The molecule has 3 aromatic rings. The van der Waals surface area contributed by atoms with Gasteiger partial charge in [-0.05, 0) is 50.3 Å². The third-order valence-electron chi connectivity index (χ3n) is 5.76. The Bertz CT molecular complexity index is 1260. The smallest absolute Gasteiger partial charge is 0.341 e. The van der Waals surface area contributed by atoms with Gasteiger partial charge in [0.15, 0.2) is 11.0 Å². The van der Waals surface area contributed by atoms with E-state index >= 15 is 0 Å². The van der Waals surface area contributed by atoms with Gasteiger partial charge in [-0.25, -0.2) is 4.79 Å². The van der Waals surface area contributed by atoms with Gasteiger partial charge in [-0.3, -0.25) is 4.79 Å². The van der Waals surface area contributed by atoms with Crippen molar-refractivity contribution in [1.29, 1.82) is 0 Å². The average molecular weight is 570 g/mol. The van der Waals surface area contributed by atoms with Gasteiger partial charge in [0.1, 0.15) is 17.4 Å². The third-order valence-corrected chi connectivity index (χ3v) is 8.48. The number of anilines is 1. The van der Waals surface area contributed by atoms with Crippen molar-refractivity contribution in [2.75, 3.05) is 18.2 Å². The van der Waals surface area contributed by atoms with Gasteiger partial charge < -0.3 is 19.4 Å². The first-order chi connectivity index (χ1) is 17.4. The van der Waals surface area contributed by atoms with Crippen LogP contribution in [0.25, 0.3) is 0 Å². The summed E-state index contributed by atoms with van der Waals surface area (Å²) < 4.78 is 12.7. The monoisotopic (exact) mass is 568 g/mol. The van der Waals surface area contributed by atoms with Gasteiger partial charge in [-0.15, -0.1) is 21.5 Å². The summed E-state index contributed by atoms with van der Waals surface area (Å²) in [6.07, 6.45) is 4.99. The van der Waals surface area contributed by atoms with Crippen LogP contribution in [0.2, 0.25) is 10.0 Å². The molecule has 1 aromatic carbocycles. The minimum absolute atomic E-state index is 0.113. The topological polar surface area (TPSA) is 95.3 Å². The number of fused-ring (bicyclic) bond motifs is 1. The second-order valence-electron chi connectivity index (χ2n) is 8.10. The van der Waals surface area contributed by atoms with E-state index in [1.54, 1.807) is 18.2 Å². The first-order valence-electron chi connectivity index (χ1n) is 11.6. The van der Waals surface area contributed by atoms with Crippen LogP contribution in [0.15, 0.2) is 23.4 Å². The average Bonchev–Trinajstić information content (AvgIpc) is 3.34. The molecule has 1 aliphatic rings. The molecule has 12 heteroatoms. The Morgan fingerprint density at radius 1 is 1.19 bits per heavy atom. The van der Waals surface area contributed by atoms with Gasteiger partial charge >= 0.3 is 5.97 Å². The molecular formula is C24H26Cl2N4O4S2. The predicted molar refractivity (Wildman–Crippen MR) is 143 cm³/mol. The van der Waals surface area contributed by atoms with Gasteiger partial charge in [0.05, 0.1) is 23.4 Å². The Morgan fingerprint density at radius 3 is 2.78 bits per heavy atom. The maximum absolute atomic E-state index is 12.8. The fraction of sp³-hybridized carbons (Fsp3) is 0.417. The molecule has 0 fully saturated rings. The van der Waals surface area contributed by atoms with Crippen molar-refractivity contribution in [3.63, 3.8) is 0 Å². The van der Waals surface area contributed by atoms with Crippen LogP contribution < -0.4 is 10.1 Å². The molecule has 2 aromatic heterocycles. The summed E-state index contributed by atoms with van der Waals surface area (Å²) in [5.74, 6) is 0.538. The quantitative estimate of drug-likeness (QED) is 0.191. The highest BCUT2D eigenvalue weighted by molar-refractivity contribution is 7.99. The number of halogens is 2. The van der Waals surface area contributed by atoms with Gasteiger partial charge in [0.25, 0.3) is 0 Å². The van der Waals surface area contributed by atoms with Crippen LogP contribution >= 0.6 is 46.3 Å². The first-order valence-corrected chi connectivity index (χ1v) is 14.1. The summed E-state index contributed by atoms with van der Waals surface area (Å²) in [5, 5.41) is 13.5. The van der Waals surface area contributed by atoms with Crippen LogP contribution in [-0.4, -0.2) is 39.5 Å². The number of esters is 1. The molecule has 0 radical (unpaired) electrons. The minimum atomic E-state index is -0.410. The number of aryl methyl sites for hydroxylation is 1. The highest BCUT2D eigenvalue weighted by atomic mass is 35.5. The maximum atomic E-state index is 12.8. The lowest BCUT2D eigenvalue weighted by Gasteiger charge is -2.10. The number of methoxy groups -OCH3 is 1. The summed E-state index contributed by atoms with van der Waals surface area (Å²) in [5.41, 5.74) is 1.51. The van der Waals surface area contributed by atoms with Crippen LogP contribution in [0.3, 0.4) is 0 Å². The van der Waals surface area contributed by atoms with Crippen LogP contribution in [-0.2, 0) is 35.5 Å². The summed E-state index contributed by atoms with van der Waals surface area (Å²) in [6.45, 7) is 2.71. The normalized spacial score (nSPS) is 13.1. The Balaban J connectivity index is 1.41. The van der Waals surface area contributed by atoms with Gasteiger partial charge in [0, 0.05) is 22.5 Å². The zero-order valence-electron chi connectivity index (χ0n) is 19.9. The summed E-state index contributed by atoms with van der Waals surface area (Å²) in [7, 11) is 1.36. The Morgan fingerprint density at radius 2 is 2.00 bits per heavy atom. The minimum Gasteiger partial charge on any atom is -0.484 e. The summed E-state index contributed by atoms with van der Waals surface area (Å²) >= 11 is 14.9. The van der Waals surface area contributed by atoms with E-state index in [-0.39, 0.29) is 18.3 Å². The largest absolute Gasteiger partial charge is 0.484 e. The van der Waals surface area contributed by atoms with Crippen molar-refractivity contribution in [2.24, 2.45) is 0 Å². The number of ether oxygens (including phenoxy) is 2. The van der Waals surface area contributed by atoms with Crippen LogP contribution in [0.5, 0.6) is 5.75 Å². The second-order valence-corrected chi connectivity index (χ2v) is 11.0. The van der Waals surface area contributed by atoms with Gasteiger partial charge in [-0.2, -0.15) is 0 Å². The van der Waals surface area contributed by atoms with Crippen molar-refractivity contribution < 1.29 is 19.1 Å². The lowest BCUT2D eigenvalue weighted by atomic mass is 10.1. The van der Waals surface area contributed by atoms with Crippen LogP contribution in [0.4, 0.5) is 5.00 Å². The number of nitrogens with zero attached hydrogens (tertiary/aromatic N) is 3. The molecule has 0 spiro atoms. The van der Waals surface area contributed by atoms with Crippen LogP contribution in [0.1, 0.15) is 52.8 Å². The third kappa shape index (κ3) is 6.16.